The molecule has 1 saturated heterocycles. The van der Waals surface area contributed by atoms with Gasteiger partial charge in [0.15, 0.2) is 0 Å². The predicted octanol–water partition coefficient (Wildman–Crippen LogP) is 2.78. The molecule has 0 aliphatic carbocycles. The van der Waals surface area contributed by atoms with E-state index >= 15 is 0 Å². The Labute approximate surface area is 92.0 Å². The van der Waals surface area contributed by atoms with Crippen LogP contribution < -0.4 is 0 Å². The van der Waals surface area contributed by atoms with Crippen LogP contribution in [0.25, 0.3) is 0 Å². The number of nitrogens with zero attached hydrogens (tertiary/aromatic N) is 1. The molecule has 1 heterocycles. The number of nitriles is 1. The van der Waals surface area contributed by atoms with Gasteiger partial charge >= 0.3 is 0 Å². The zero-order chi connectivity index (χ0) is 10.2. The zero-order valence-electron chi connectivity index (χ0n) is 7.26. The summed E-state index contributed by atoms with van der Waals surface area (Å²) in [5.74, 6) is 0. The van der Waals surface area contributed by atoms with Crippen molar-refractivity contribution in [1.29, 1.82) is 5.26 Å². The number of hydrogen-bond acceptors (Lipinski definition) is 2. The molecule has 0 N–H and O–H groups in total. The van der Waals surface area contributed by atoms with Gasteiger partial charge in [0.05, 0.1) is 29.3 Å². The van der Waals surface area contributed by atoms with Gasteiger partial charge in [0, 0.05) is 0 Å². The second kappa shape index (κ2) is 3.43. The third kappa shape index (κ3) is 1.38. The fraction of sp³-hybridized carbons (Fsp3) is 0.300. The highest BCUT2D eigenvalue weighted by Gasteiger charge is 2.40. The Kier molecular flexibility index (Phi) is 2.40. The maximum absolute atomic E-state index is 9.04. The van der Waals surface area contributed by atoms with Crippen LogP contribution in [0.3, 0.4) is 0 Å². The van der Waals surface area contributed by atoms with Gasteiger partial charge in [-0.15, -0.1) is 0 Å². The summed E-state index contributed by atoms with van der Waals surface area (Å²) in [6, 6.07) is 7.51. The number of benzene rings is 1. The third-order valence-electron chi connectivity index (χ3n) is 2.38. The fourth-order valence-corrected chi connectivity index (χ4v) is 1.69. The van der Waals surface area contributed by atoms with Crippen molar-refractivity contribution in [3.63, 3.8) is 0 Å². The summed E-state index contributed by atoms with van der Waals surface area (Å²) >= 11 is 11.7. The number of halogens is 2. The summed E-state index contributed by atoms with van der Waals surface area (Å²) in [6.45, 7) is 0.864. The topological polar surface area (TPSA) is 33.0 Å². The van der Waals surface area contributed by atoms with E-state index in [4.69, 9.17) is 33.2 Å². The first kappa shape index (κ1) is 9.79. The highest BCUT2D eigenvalue weighted by atomic mass is 35.5. The van der Waals surface area contributed by atoms with Gasteiger partial charge in [-0.2, -0.15) is 5.26 Å². The lowest BCUT2D eigenvalue weighted by atomic mass is 9.80. The first-order valence-corrected chi connectivity index (χ1v) is 4.88. The Morgan fingerprint density at radius 1 is 1.29 bits per heavy atom. The van der Waals surface area contributed by atoms with Gasteiger partial charge in [-0.25, -0.2) is 0 Å². The molecule has 0 spiro atoms. The maximum atomic E-state index is 9.04. The number of hydrogen-bond donors (Lipinski definition) is 0. The lowest BCUT2D eigenvalue weighted by Gasteiger charge is -2.35. The summed E-state index contributed by atoms with van der Waals surface area (Å²) in [5, 5.41) is 10.0. The Hall–Kier alpha value is -0.750. The van der Waals surface area contributed by atoms with E-state index in [0.717, 1.165) is 5.56 Å². The summed E-state index contributed by atoms with van der Waals surface area (Å²) in [4.78, 5) is 0. The quantitative estimate of drug-likeness (QED) is 0.740. The van der Waals surface area contributed by atoms with Gasteiger partial charge in [-0.1, -0.05) is 29.3 Å². The SMILES string of the molecule is N#CC1(c2ccc(Cl)c(Cl)c2)COC1. The Balaban J connectivity index is 2.42. The number of rotatable bonds is 1. The Morgan fingerprint density at radius 2 is 2.00 bits per heavy atom. The van der Waals surface area contributed by atoms with Gasteiger partial charge < -0.3 is 4.74 Å². The second-order valence-corrected chi connectivity index (χ2v) is 4.13. The molecule has 1 aromatic rings. The molecule has 14 heavy (non-hydrogen) atoms. The molecular weight excluding hydrogens is 221 g/mol. The molecule has 0 bridgehead atoms. The third-order valence-corrected chi connectivity index (χ3v) is 3.12. The molecule has 4 heteroatoms. The van der Waals surface area contributed by atoms with E-state index in [2.05, 4.69) is 6.07 Å². The lowest BCUT2D eigenvalue weighted by molar-refractivity contribution is -0.0298. The van der Waals surface area contributed by atoms with Crippen molar-refractivity contribution in [2.45, 2.75) is 5.41 Å². The van der Waals surface area contributed by atoms with Crippen molar-refractivity contribution in [2.24, 2.45) is 0 Å². The van der Waals surface area contributed by atoms with E-state index in [-0.39, 0.29) is 0 Å². The van der Waals surface area contributed by atoms with E-state index in [1.807, 2.05) is 6.07 Å². The van der Waals surface area contributed by atoms with Crippen LogP contribution in [0.1, 0.15) is 5.56 Å². The summed E-state index contributed by atoms with van der Waals surface area (Å²) in [6.07, 6.45) is 0. The summed E-state index contributed by atoms with van der Waals surface area (Å²) in [7, 11) is 0. The molecule has 0 unspecified atom stereocenters. The van der Waals surface area contributed by atoms with Crippen LogP contribution in [0.15, 0.2) is 18.2 Å². The van der Waals surface area contributed by atoms with E-state index < -0.39 is 5.41 Å². The standard InChI is InChI=1S/C10H7Cl2NO/c11-8-2-1-7(3-9(8)12)10(4-13)5-14-6-10/h1-3H,5-6H2. The van der Waals surface area contributed by atoms with Gasteiger partial charge in [-0.3, -0.25) is 0 Å². The first-order valence-electron chi connectivity index (χ1n) is 4.12. The normalized spacial score (nSPS) is 18.4. The largest absolute Gasteiger partial charge is 0.377 e. The minimum absolute atomic E-state index is 0.432. The molecule has 2 rings (SSSR count). The van der Waals surface area contributed by atoms with E-state index in [1.54, 1.807) is 12.1 Å². The van der Waals surface area contributed by atoms with E-state index in [0.29, 0.717) is 23.3 Å². The van der Waals surface area contributed by atoms with Crippen molar-refractivity contribution in [3.05, 3.63) is 33.8 Å². The maximum Gasteiger partial charge on any atom is 0.129 e. The van der Waals surface area contributed by atoms with Crippen LogP contribution in [0.5, 0.6) is 0 Å². The van der Waals surface area contributed by atoms with Crippen LogP contribution in [0.2, 0.25) is 10.0 Å². The molecule has 0 radical (unpaired) electrons. The van der Waals surface area contributed by atoms with Crippen LogP contribution in [0, 0.1) is 11.3 Å². The average Bonchev–Trinajstić information content (AvgIpc) is 2.10. The van der Waals surface area contributed by atoms with Gasteiger partial charge in [0.2, 0.25) is 0 Å². The summed E-state index contributed by atoms with van der Waals surface area (Å²) in [5.41, 5.74) is 0.356. The molecular formula is C10H7Cl2NO. The highest BCUT2D eigenvalue weighted by molar-refractivity contribution is 6.42. The Bertz CT molecular complexity index is 407. The van der Waals surface area contributed by atoms with Gasteiger partial charge in [0.1, 0.15) is 5.41 Å². The highest BCUT2D eigenvalue weighted by Crippen LogP contribution is 2.34. The summed E-state index contributed by atoms with van der Waals surface area (Å²) < 4.78 is 5.06. The van der Waals surface area contributed by atoms with Crippen LogP contribution >= 0.6 is 23.2 Å². The van der Waals surface area contributed by atoms with Crippen molar-refractivity contribution >= 4 is 23.2 Å². The molecule has 1 aliphatic heterocycles. The van der Waals surface area contributed by atoms with Crippen molar-refractivity contribution < 1.29 is 4.74 Å². The van der Waals surface area contributed by atoms with Crippen molar-refractivity contribution in [3.8, 4) is 6.07 Å². The van der Waals surface area contributed by atoms with Crippen LogP contribution in [-0.4, -0.2) is 13.2 Å². The molecule has 0 saturated carbocycles. The molecule has 1 aromatic carbocycles. The van der Waals surface area contributed by atoms with Crippen LogP contribution in [0.4, 0.5) is 0 Å². The van der Waals surface area contributed by atoms with Gasteiger partial charge in [0.25, 0.3) is 0 Å². The monoisotopic (exact) mass is 227 g/mol. The van der Waals surface area contributed by atoms with E-state index in [1.165, 1.54) is 0 Å². The molecule has 72 valence electrons. The molecule has 2 nitrogen and oxygen atoms in total. The molecule has 0 atom stereocenters. The Morgan fingerprint density at radius 3 is 2.43 bits per heavy atom. The molecule has 1 fully saturated rings. The van der Waals surface area contributed by atoms with Crippen molar-refractivity contribution in [1.82, 2.24) is 0 Å². The van der Waals surface area contributed by atoms with Crippen LogP contribution in [-0.2, 0) is 10.2 Å². The minimum atomic E-state index is -0.520. The zero-order valence-corrected chi connectivity index (χ0v) is 8.77. The molecule has 0 amide bonds. The second-order valence-electron chi connectivity index (χ2n) is 3.32. The first-order chi connectivity index (χ1) is 6.68. The van der Waals surface area contributed by atoms with Crippen molar-refractivity contribution in [2.75, 3.05) is 13.2 Å². The predicted molar refractivity (Wildman–Crippen MR) is 54.6 cm³/mol. The average molecular weight is 228 g/mol. The smallest absolute Gasteiger partial charge is 0.129 e. The number of ether oxygens (including phenoxy) is 1. The molecule has 0 aromatic heterocycles. The minimum Gasteiger partial charge on any atom is -0.377 e. The fourth-order valence-electron chi connectivity index (χ4n) is 1.40. The van der Waals surface area contributed by atoms with Gasteiger partial charge in [-0.05, 0) is 17.7 Å². The molecule has 1 aliphatic rings. The lowest BCUT2D eigenvalue weighted by Crippen LogP contribution is -2.45. The van der Waals surface area contributed by atoms with E-state index in [9.17, 15) is 0 Å².